The van der Waals surface area contributed by atoms with Crippen molar-refractivity contribution in [3.8, 4) is 0 Å². The van der Waals surface area contributed by atoms with Crippen molar-refractivity contribution in [1.82, 2.24) is 0 Å². The summed E-state index contributed by atoms with van der Waals surface area (Å²) in [5.74, 6) is 0. The van der Waals surface area contributed by atoms with Gasteiger partial charge in [0.2, 0.25) is 0 Å². The first kappa shape index (κ1) is 28.2. The van der Waals surface area contributed by atoms with Crippen molar-refractivity contribution in [2.45, 2.75) is 23.6 Å². The quantitative estimate of drug-likeness (QED) is 0.240. The molecule has 0 saturated heterocycles. The van der Waals surface area contributed by atoms with Crippen LogP contribution in [0.2, 0.25) is 0 Å². The molecule has 202 valence electrons. The third-order valence-electron chi connectivity index (χ3n) is 6.83. The van der Waals surface area contributed by atoms with E-state index in [1.807, 2.05) is 105 Å². The van der Waals surface area contributed by atoms with E-state index in [9.17, 15) is 16.8 Å². The summed E-state index contributed by atoms with van der Waals surface area (Å²) >= 11 is -4.98. The van der Waals surface area contributed by atoms with Crippen molar-refractivity contribution in [2.75, 3.05) is 0 Å². The van der Waals surface area contributed by atoms with Crippen molar-refractivity contribution in [3.05, 3.63) is 151 Å². The molecule has 5 rings (SSSR count). The summed E-state index contributed by atoms with van der Waals surface area (Å²) in [6.07, 6.45) is 0. The fraction of sp³-hybridized carbons (Fsp3) is 0.0606. The van der Waals surface area contributed by atoms with Crippen LogP contribution in [0.5, 0.6) is 0 Å². The first-order chi connectivity index (χ1) is 19.2. The Labute approximate surface area is 240 Å². The first-order valence-corrected chi connectivity index (χ1v) is 20.8. The summed E-state index contributed by atoms with van der Waals surface area (Å²) in [4.78, 5) is -0.0742. The van der Waals surface area contributed by atoms with Crippen LogP contribution in [0.3, 0.4) is 0 Å². The Bertz CT molecular complexity index is 1720. The molecule has 0 aliphatic heterocycles. The van der Waals surface area contributed by atoms with Gasteiger partial charge in [0.25, 0.3) is 0 Å². The van der Waals surface area contributed by atoms with Crippen LogP contribution in [0.4, 0.5) is 0 Å². The Morgan fingerprint density at radius 3 is 0.975 bits per heavy atom. The normalized spacial score (nSPS) is 12.2. The van der Waals surface area contributed by atoms with Crippen LogP contribution in [0.25, 0.3) is 0 Å². The topological polar surface area (TPSA) is 68.3 Å². The van der Waals surface area contributed by atoms with Gasteiger partial charge in [0, 0.05) is 0 Å². The molecule has 0 N–H and O–H groups in total. The Morgan fingerprint density at radius 1 is 0.425 bits per heavy atom. The maximum atomic E-state index is 14.9. The van der Waals surface area contributed by atoms with Gasteiger partial charge in [-0.15, -0.1) is 0 Å². The first-order valence-electron chi connectivity index (χ1n) is 12.8. The molecule has 0 spiro atoms. The molecule has 0 amide bonds. The number of hydrogen-bond donors (Lipinski definition) is 0. The number of benzene rings is 5. The SMILES string of the molecule is Cc1ccc(S(=O)(=O)[C](S(=O)(=O)c2ccc(C)cc2)=[Sb]([c]2ccccc2)([c]2ccccc2)[c]2ccccc2)cc1. The zero-order valence-corrected chi connectivity index (χ0v) is 26.4. The molecule has 0 fully saturated rings. The van der Waals surface area contributed by atoms with Gasteiger partial charge < -0.3 is 0 Å². The van der Waals surface area contributed by atoms with E-state index < -0.39 is 40.1 Å². The molecule has 0 aromatic heterocycles. The molecule has 0 aliphatic rings. The predicted octanol–water partition coefficient (Wildman–Crippen LogP) is 4.39. The molecule has 0 radical (unpaired) electrons. The van der Waals surface area contributed by atoms with Crippen molar-refractivity contribution in [1.29, 1.82) is 0 Å². The van der Waals surface area contributed by atoms with Gasteiger partial charge in [0.15, 0.2) is 0 Å². The van der Waals surface area contributed by atoms with Crippen LogP contribution in [0.15, 0.2) is 149 Å². The van der Waals surface area contributed by atoms with Crippen molar-refractivity contribution < 1.29 is 16.8 Å². The van der Waals surface area contributed by atoms with E-state index in [1.165, 1.54) is 24.3 Å². The average Bonchev–Trinajstić information content (AvgIpc) is 2.97. The summed E-state index contributed by atoms with van der Waals surface area (Å²) in [7, 11) is -9.04. The molecule has 7 heteroatoms. The second-order valence-corrected chi connectivity index (χ2v) is 24.9. The molecule has 0 unspecified atom stereocenters. The summed E-state index contributed by atoms with van der Waals surface area (Å²) in [5, 5.41) is 0. The fourth-order valence-electron chi connectivity index (χ4n) is 4.86. The van der Waals surface area contributed by atoms with Crippen LogP contribution in [0.1, 0.15) is 11.1 Å². The van der Waals surface area contributed by atoms with Gasteiger partial charge >= 0.3 is 242 Å². The molecule has 40 heavy (non-hydrogen) atoms. The Morgan fingerprint density at radius 2 is 0.700 bits per heavy atom. The van der Waals surface area contributed by atoms with E-state index in [0.717, 1.165) is 21.7 Å². The molecule has 4 nitrogen and oxygen atoms in total. The van der Waals surface area contributed by atoms with Crippen LogP contribution in [-0.4, -0.2) is 37.3 Å². The monoisotopic (exact) mass is 674 g/mol. The van der Waals surface area contributed by atoms with Crippen molar-refractivity contribution in [3.63, 3.8) is 0 Å². The Balaban J connectivity index is 2.13. The molecule has 5 aromatic rings. The minimum absolute atomic E-state index is 0.0371. The van der Waals surface area contributed by atoms with Gasteiger partial charge in [-0.3, -0.25) is 0 Å². The molecule has 0 aliphatic carbocycles. The Kier molecular flexibility index (Phi) is 7.96. The van der Waals surface area contributed by atoms with Crippen LogP contribution < -0.4 is 10.5 Å². The summed E-state index contributed by atoms with van der Waals surface area (Å²) in [6.45, 7) is 3.73. The molecule has 0 bridgehead atoms. The molecule has 5 aromatic carbocycles. The van der Waals surface area contributed by atoms with E-state index in [2.05, 4.69) is 0 Å². The van der Waals surface area contributed by atoms with Gasteiger partial charge in [-0.25, -0.2) is 0 Å². The third-order valence-corrected chi connectivity index (χ3v) is 29.4. The molecule has 0 heterocycles. The van der Waals surface area contributed by atoms with Gasteiger partial charge in [-0.1, -0.05) is 0 Å². The van der Waals surface area contributed by atoms with Crippen molar-refractivity contribution >= 4 is 50.6 Å². The number of hydrogen-bond acceptors (Lipinski definition) is 4. The zero-order valence-electron chi connectivity index (χ0n) is 22.2. The fourth-order valence-corrected chi connectivity index (χ4v) is 30.6. The molecule has 0 atom stereocenters. The molecule has 0 saturated carbocycles. The van der Waals surface area contributed by atoms with Gasteiger partial charge in [-0.05, 0) is 0 Å². The standard InChI is InChI=1S/C15H14O4S2.3C6H5.Sb/c1-12-3-7-14(8-4-12)20(16,17)11-21(18,19)15-9-5-13(2)6-10-15;3*1-2-4-6-5-3-1;/h3-10H,1-2H3;3*1-5H;. The van der Waals surface area contributed by atoms with E-state index in [1.54, 1.807) is 24.3 Å². The Hall–Kier alpha value is -3.31. The second-order valence-electron chi connectivity index (χ2n) is 9.58. The van der Waals surface area contributed by atoms with Crippen molar-refractivity contribution in [2.24, 2.45) is 0 Å². The zero-order chi connectivity index (χ0) is 28.4. The second kappa shape index (κ2) is 11.3. The summed E-state index contributed by atoms with van der Waals surface area (Å²) in [5.41, 5.74) is 1.76. The van der Waals surface area contributed by atoms with Gasteiger partial charge in [-0.2, -0.15) is 0 Å². The van der Waals surface area contributed by atoms with E-state index in [0.29, 0.717) is 0 Å². The third kappa shape index (κ3) is 5.01. The van der Waals surface area contributed by atoms with E-state index >= 15 is 0 Å². The average molecular weight is 675 g/mol. The molecular formula is C33H29O4S2Sb. The van der Waals surface area contributed by atoms with Gasteiger partial charge in [0.1, 0.15) is 0 Å². The number of rotatable bonds is 7. The van der Waals surface area contributed by atoms with Gasteiger partial charge in [0.05, 0.1) is 0 Å². The van der Waals surface area contributed by atoms with Crippen LogP contribution in [0, 0.1) is 13.8 Å². The number of sulfone groups is 2. The maximum absolute atomic E-state index is 14.9. The minimum atomic E-state index is -4.98. The van der Waals surface area contributed by atoms with Crippen LogP contribution in [-0.2, 0) is 19.7 Å². The summed E-state index contributed by atoms with van der Waals surface area (Å²) < 4.78 is 61.5. The summed E-state index contributed by atoms with van der Waals surface area (Å²) in [6, 6.07) is 40.7. The van der Waals surface area contributed by atoms with Crippen LogP contribution >= 0.6 is 0 Å². The predicted molar refractivity (Wildman–Crippen MR) is 166 cm³/mol. The number of aryl methyl sites for hydroxylation is 2. The van der Waals surface area contributed by atoms with E-state index in [-0.39, 0.29) is 9.79 Å². The van der Waals surface area contributed by atoms with E-state index in [4.69, 9.17) is 0 Å². The molecular weight excluding hydrogens is 646 g/mol.